The second kappa shape index (κ2) is 9.93. The summed E-state index contributed by atoms with van der Waals surface area (Å²) in [4.78, 5) is 38.4. The number of rotatable bonds is 8. The minimum absolute atomic E-state index is 0.115. The van der Waals surface area contributed by atoms with Crippen LogP contribution in [0.2, 0.25) is 0 Å². The first kappa shape index (κ1) is 23.7. The van der Waals surface area contributed by atoms with Crippen molar-refractivity contribution in [3.05, 3.63) is 77.1 Å². The van der Waals surface area contributed by atoms with Gasteiger partial charge in [-0.1, -0.05) is 49.4 Å². The van der Waals surface area contributed by atoms with Crippen LogP contribution in [0.25, 0.3) is 0 Å². The van der Waals surface area contributed by atoms with Crippen LogP contribution in [0, 0.1) is 5.92 Å². The van der Waals surface area contributed by atoms with Crippen LogP contribution in [0.3, 0.4) is 0 Å². The van der Waals surface area contributed by atoms with Crippen molar-refractivity contribution in [1.82, 2.24) is 25.2 Å². The van der Waals surface area contributed by atoms with Gasteiger partial charge in [-0.05, 0) is 42.0 Å². The van der Waals surface area contributed by atoms with Gasteiger partial charge < -0.3 is 9.64 Å². The van der Waals surface area contributed by atoms with Crippen LogP contribution in [-0.4, -0.2) is 43.7 Å². The average Bonchev–Trinajstić information content (AvgIpc) is 3.51. The van der Waals surface area contributed by atoms with Gasteiger partial charge in [0, 0.05) is 23.7 Å². The molecule has 3 heterocycles. The smallest absolute Gasteiger partial charge is 0.255 e. The van der Waals surface area contributed by atoms with Crippen molar-refractivity contribution in [2.45, 2.75) is 58.3 Å². The molecule has 2 atom stereocenters. The van der Waals surface area contributed by atoms with Crippen LogP contribution in [0.5, 0.6) is 5.75 Å². The summed E-state index contributed by atoms with van der Waals surface area (Å²) >= 11 is 0. The predicted octanol–water partition coefficient (Wildman–Crippen LogP) is 3.25. The van der Waals surface area contributed by atoms with E-state index in [1.807, 2.05) is 29.1 Å². The molecule has 2 aliphatic rings. The Kier molecular flexibility index (Phi) is 6.54. The number of nitrogens with one attached hydrogen (secondary N) is 1. The largest absolute Gasteiger partial charge is 0.489 e. The molecular formula is C27H29N5O4. The van der Waals surface area contributed by atoms with Gasteiger partial charge in [0.15, 0.2) is 0 Å². The van der Waals surface area contributed by atoms with Crippen molar-refractivity contribution in [3.63, 3.8) is 0 Å². The van der Waals surface area contributed by atoms with Gasteiger partial charge in [0.05, 0.1) is 18.8 Å². The fraction of sp³-hybridized carbons (Fsp3) is 0.370. The number of hydrogen-bond donors (Lipinski definition) is 1. The second-order valence-electron chi connectivity index (χ2n) is 9.74. The third-order valence-corrected chi connectivity index (χ3v) is 6.75. The van der Waals surface area contributed by atoms with Gasteiger partial charge in [-0.15, -0.1) is 5.10 Å². The molecule has 186 valence electrons. The number of hydrogen-bond acceptors (Lipinski definition) is 6. The Morgan fingerprint density at radius 1 is 1.11 bits per heavy atom. The summed E-state index contributed by atoms with van der Waals surface area (Å²) in [5.74, 6) is 0.201. The predicted molar refractivity (Wildman–Crippen MR) is 131 cm³/mol. The second-order valence-corrected chi connectivity index (χ2v) is 9.74. The molecule has 1 saturated heterocycles. The van der Waals surface area contributed by atoms with E-state index in [1.165, 1.54) is 4.90 Å². The van der Waals surface area contributed by atoms with Crippen LogP contribution in [-0.2, 0) is 22.7 Å². The maximum absolute atomic E-state index is 13.0. The van der Waals surface area contributed by atoms with Crippen molar-refractivity contribution < 1.29 is 19.1 Å². The molecule has 5 rings (SSSR count). The molecule has 3 aromatic rings. The van der Waals surface area contributed by atoms with Gasteiger partial charge in [0.2, 0.25) is 11.8 Å². The Balaban J connectivity index is 1.28. The Bertz CT molecular complexity index is 1270. The highest BCUT2D eigenvalue weighted by molar-refractivity contribution is 6.05. The normalized spacial score (nSPS) is 18.4. The van der Waals surface area contributed by atoms with E-state index in [4.69, 9.17) is 4.74 Å². The summed E-state index contributed by atoms with van der Waals surface area (Å²) < 4.78 is 8.03. The highest BCUT2D eigenvalue weighted by Crippen LogP contribution is 2.34. The molecule has 1 aromatic heterocycles. The molecule has 1 fully saturated rings. The van der Waals surface area contributed by atoms with Crippen molar-refractivity contribution in [2.75, 3.05) is 0 Å². The fourth-order valence-electron chi connectivity index (χ4n) is 4.92. The molecule has 9 nitrogen and oxygen atoms in total. The maximum atomic E-state index is 13.0. The first-order chi connectivity index (χ1) is 17.4. The highest BCUT2D eigenvalue weighted by Gasteiger charge is 2.40. The molecule has 3 amide bonds. The third-order valence-electron chi connectivity index (χ3n) is 6.75. The quantitative estimate of drug-likeness (QED) is 0.489. The number of ether oxygens (including phenoxy) is 1. The monoisotopic (exact) mass is 487 g/mol. The summed E-state index contributed by atoms with van der Waals surface area (Å²) in [5.41, 5.74) is 3.47. The van der Waals surface area contributed by atoms with Crippen LogP contribution in [0.15, 0.2) is 54.9 Å². The Morgan fingerprint density at radius 2 is 1.92 bits per heavy atom. The molecule has 0 aliphatic carbocycles. The first-order valence-corrected chi connectivity index (χ1v) is 12.2. The molecule has 2 aliphatic heterocycles. The molecule has 36 heavy (non-hydrogen) atoms. The zero-order chi connectivity index (χ0) is 25.2. The number of amides is 3. The van der Waals surface area contributed by atoms with E-state index < -0.39 is 11.9 Å². The van der Waals surface area contributed by atoms with E-state index >= 15 is 0 Å². The molecule has 0 bridgehead atoms. The van der Waals surface area contributed by atoms with Crippen LogP contribution >= 0.6 is 0 Å². The number of imide groups is 1. The first-order valence-electron chi connectivity index (χ1n) is 12.2. The number of fused-ring (bicyclic) bond motifs is 1. The summed E-state index contributed by atoms with van der Waals surface area (Å²) in [6, 6.07) is 13.1. The lowest BCUT2D eigenvalue weighted by atomic mass is 9.96. The SMILES string of the molecule is CC(C)CC(c1ccc(COc2cccc3c2CN(C2CCC(=O)NC2=O)C3=O)cc1)n1ccnn1. The zero-order valence-electron chi connectivity index (χ0n) is 20.4. The number of aromatic nitrogens is 3. The Hall–Kier alpha value is -4.01. The van der Waals surface area contributed by atoms with Crippen molar-refractivity contribution in [3.8, 4) is 5.75 Å². The van der Waals surface area contributed by atoms with Gasteiger partial charge in [-0.3, -0.25) is 19.7 Å². The van der Waals surface area contributed by atoms with Gasteiger partial charge in [0.25, 0.3) is 5.91 Å². The average molecular weight is 488 g/mol. The number of nitrogens with zero attached hydrogens (tertiary/aromatic N) is 4. The molecule has 0 saturated carbocycles. The standard InChI is InChI=1S/C27H29N5O4/c1-17(2)14-23(32-13-12-28-30-32)19-8-6-18(7-9-19)16-36-24-5-3-4-20-21(24)15-31(27(20)35)22-10-11-25(33)29-26(22)34/h3-9,12-13,17,22-23H,10-11,14-16H2,1-2H3,(H,29,33,34). The zero-order valence-corrected chi connectivity index (χ0v) is 20.4. The molecule has 2 unspecified atom stereocenters. The summed E-state index contributed by atoms with van der Waals surface area (Å²) in [5, 5.41) is 10.5. The number of carbonyl (C=O) groups excluding carboxylic acids is 3. The highest BCUT2D eigenvalue weighted by atomic mass is 16.5. The minimum atomic E-state index is -0.647. The summed E-state index contributed by atoms with van der Waals surface area (Å²) in [6.45, 7) is 5.01. The van der Waals surface area contributed by atoms with Crippen LogP contribution < -0.4 is 10.1 Å². The lowest BCUT2D eigenvalue weighted by Gasteiger charge is -2.29. The van der Waals surface area contributed by atoms with E-state index in [1.54, 1.807) is 18.3 Å². The molecule has 0 radical (unpaired) electrons. The van der Waals surface area contributed by atoms with E-state index in [-0.39, 0.29) is 30.8 Å². The fourth-order valence-corrected chi connectivity index (χ4v) is 4.92. The molecule has 1 N–H and O–H groups in total. The maximum Gasteiger partial charge on any atom is 0.255 e. The molecule has 0 spiro atoms. The lowest BCUT2D eigenvalue weighted by Crippen LogP contribution is -2.52. The molecule has 2 aromatic carbocycles. The van der Waals surface area contributed by atoms with E-state index in [9.17, 15) is 14.4 Å². The van der Waals surface area contributed by atoms with Gasteiger partial charge in [-0.25, -0.2) is 4.68 Å². The van der Waals surface area contributed by atoms with Gasteiger partial charge in [0.1, 0.15) is 18.4 Å². The topological polar surface area (TPSA) is 106 Å². The summed E-state index contributed by atoms with van der Waals surface area (Å²) in [6.07, 6.45) is 5.09. The van der Waals surface area contributed by atoms with E-state index in [0.717, 1.165) is 23.1 Å². The van der Waals surface area contributed by atoms with Gasteiger partial charge >= 0.3 is 0 Å². The molecule has 9 heteroatoms. The summed E-state index contributed by atoms with van der Waals surface area (Å²) in [7, 11) is 0. The number of piperidine rings is 1. The van der Waals surface area contributed by atoms with Gasteiger partial charge in [-0.2, -0.15) is 0 Å². The number of carbonyl (C=O) groups is 3. The van der Waals surface area contributed by atoms with E-state index in [2.05, 4.69) is 41.6 Å². The Labute approximate surface area is 209 Å². The Morgan fingerprint density at radius 3 is 2.61 bits per heavy atom. The van der Waals surface area contributed by atoms with Crippen molar-refractivity contribution in [1.29, 1.82) is 0 Å². The molecular weight excluding hydrogens is 458 g/mol. The lowest BCUT2D eigenvalue weighted by molar-refractivity contribution is -0.136. The third kappa shape index (κ3) is 4.73. The van der Waals surface area contributed by atoms with Crippen molar-refractivity contribution >= 4 is 17.7 Å². The number of benzene rings is 2. The van der Waals surface area contributed by atoms with E-state index in [0.29, 0.717) is 30.3 Å². The van der Waals surface area contributed by atoms with Crippen LogP contribution in [0.4, 0.5) is 0 Å². The van der Waals surface area contributed by atoms with Crippen LogP contribution in [0.1, 0.15) is 66.2 Å². The minimum Gasteiger partial charge on any atom is -0.489 e. The van der Waals surface area contributed by atoms with Crippen molar-refractivity contribution in [2.24, 2.45) is 5.92 Å².